The molecule has 4 rings (SSSR count). The summed E-state index contributed by atoms with van der Waals surface area (Å²) in [5.41, 5.74) is 4.57. The molecular formula is C14H15N5O5S2. The molecule has 4 atom stereocenters. The topological polar surface area (TPSA) is 147 Å². The third-order valence-electron chi connectivity index (χ3n) is 4.98. The predicted molar refractivity (Wildman–Crippen MR) is 93.6 cm³/mol. The minimum absolute atomic E-state index is 0.0981. The Kier molecular flexibility index (Phi) is 3.50. The van der Waals surface area contributed by atoms with E-state index in [0.29, 0.717) is 6.42 Å². The number of thiazole rings is 1. The van der Waals surface area contributed by atoms with Crippen LogP contribution in [0.5, 0.6) is 0 Å². The zero-order valence-electron chi connectivity index (χ0n) is 13.8. The van der Waals surface area contributed by atoms with Crippen molar-refractivity contribution in [3.63, 3.8) is 0 Å². The fraction of sp³-hybridized carbons (Fsp3) is 0.500. The van der Waals surface area contributed by atoms with Crippen molar-refractivity contribution >= 4 is 51.7 Å². The van der Waals surface area contributed by atoms with Crippen LogP contribution in [0.1, 0.15) is 19.0 Å². The lowest BCUT2D eigenvalue weighted by atomic mass is 10.0. The van der Waals surface area contributed by atoms with E-state index in [9.17, 15) is 19.5 Å². The van der Waals surface area contributed by atoms with Gasteiger partial charge in [0.1, 0.15) is 24.2 Å². The van der Waals surface area contributed by atoms with Gasteiger partial charge in [0, 0.05) is 11.8 Å². The summed E-state index contributed by atoms with van der Waals surface area (Å²) < 4.78 is -0.522. The summed E-state index contributed by atoms with van der Waals surface area (Å²) in [5, 5.41) is 17.3. The first-order chi connectivity index (χ1) is 12.2. The second-order valence-corrected chi connectivity index (χ2v) is 8.94. The quantitative estimate of drug-likeness (QED) is 0.341. The number of hydrogen-bond donors (Lipinski definition) is 3. The normalized spacial score (nSPS) is 34.6. The highest BCUT2D eigenvalue weighted by Gasteiger charge is 2.85. The number of hydrogen-bond acceptors (Lipinski definition) is 9. The number of carboxylic acid groups (broad SMARTS) is 1. The van der Waals surface area contributed by atoms with Crippen molar-refractivity contribution in [2.75, 3.05) is 12.8 Å². The molecule has 0 aromatic carbocycles. The van der Waals surface area contributed by atoms with Crippen molar-refractivity contribution < 1.29 is 24.3 Å². The van der Waals surface area contributed by atoms with Crippen LogP contribution in [0.2, 0.25) is 0 Å². The first-order valence-corrected chi connectivity index (χ1v) is 9.39. The van der Waals surface area contributed by atoms with Crippen molar-refractivity contribution in [3.8, 4) is 0 Å². The number of nitrogens with two attached hydrogens (primary N) is 1. The standard InChI is InChI=1S/C14H15N5O5S2/c1-13-4-14(13,11(22)23)19-9(21)7(10(19)26-13)17-8(20)6(18-24-2)5-3-25-12(15)16-5/h3,7,10H,4H2,1-2H3,(H2,15,16)(H,17,20)(H,22,23)/b18-6-/t7-,10-,13?,14-/m1/s1. The van der Waals surface area contributed by atoms with Crippen LogP contribution >= 0.6 is 23.1 Å². The minimum atomic E-state index is -1.16. The molecule has 2 amide bonds. The van der Waals surface area contributed by atoms with Crippen molar-refractivity contribution in [1.29, 1.82) is 0 Å². The van der Waals surface area contributed by atoms with E-state index in [2.05, 4.69) is 15.5 Å². The molecule has 26 heavy (non-hydrogen) atoms. The number of oxime groups is 1. The van der Waals surface area contributed by atoms with E-state index >= 15 is 0 Å². The van der Waals surface area contributed by atoms with E-state index in [1.54, 1.807) is 5.38 Å². The fourth-order valence-electron chi connectivity index (χ4n) is 3.62. The number of carbonyl (C=O) groups is 3. The van der Waals surface area contributed by atoms with Crippen molar-refractivity contribution in [2.24, 2.45) is 5.16 Å². The van der Waals surface area contributed by atoms with Crippen LogP contribution in [0.25, 0.3) is 0 Å². The maximum Gasteiger partial charge on any atom is 0.331 e. The second kappa shape index (κ2) is 5.33. The molecule has 12 heteroatoms. The van der Waals surface area contributed by atoms with E-state index < -0.39 is 39.5 Å². The van der Waals surface area contributed by atoms with E-state index in [-0.39, 0.29) is 16.5 Å². The number of carbonyl (C=O) groups excluding carboxylic acids is 2. The van der Waals surface area contributed by atoms with Crippen LogP contribution in [0, 0.1) is 0 Å². The van der Waals surface area contributed by atoms with Crippen LogP contribution < -0.4 is 11.1 Å². The summed E-state index contributed by atoms with van der Waals surface area (Å²) in [7, 11) is 1.29. The van der Waals surface area contributed by atoms with Gasteiger partial charge < -0.3 is 25.9 Å². The highest BCUT2D eigenvalue weighted by atomic mass is 32.2. The Morgan fingerprint density at radius 1 is 1.58 bits per heavy atom. The molecular weight excluding hydrogens is 382 g/mol. The maximum atomic E-state index is 12.6. The number of carboxylic acids is 1. The third kappa shape index (κ3) is 2.02. The molecule has 4 N–H and O–H groups in total. The molecule has 10 nitrogen and oxygen atoms in total. The Bertz CT molecular complexity index is 872. The molecule has 2 aliphatic heterocycles. The average molecular weight is 397 g/mol. The third-order valence-corrected chi connectivity index (χ3v) is 7.38. The number of nitrogens with one attached hydrogen (secondary N) is 1. The van der Waals surface area contributed by atoms with Gasteiger partial charge in [-0.15, -0.1) is 23.1 Å². The van der Waals surface area contributed by atoms with E-state index in [1.165, 1.54) is 23.8 Å². The maximum absolute atomic E-state index is 12.6. The monoisotopic (exact) mass is 397 g/mol. The predicted octanol–water partition coefficient (Wildman–Crippen LogP) is -0.538. The van der Waals surface area contributed by atoms with E-state index in [4.69, 9.17) is 10.6 Å². The zero-order chi connectivity index (χ0) is 18.9. The van der Waals surface area contributed by atoms with Crippen LogP contribution in [0.15, 0.2) is 10.5 Å². The second-order valence-electron chi connectivity index (χ2n) is 6.43. The number of amides is 2. The molecule has 0 spiro atoms. The lowest BCUT2D eigenvalue weighted by molar-refractivity contribution is -0.163. The van der Waals surface area contributed by atoms with Gasteiger partial charge in [0.15, 0.2) is 16.4 Å². The summed E-state index contributed by atoms with van der Waals surface area (Å²) in [6.07, 6.45) is 0.414. The fourth-order valence-corrected chi connectivity index (χ4v) is 6.08. The van der Waals surface area contributed by atoms with E-state index in [1.807, 2.05) is 6.92 Å². The van der Waals surface area contributed by atoms with Crippen LogP contribution in [0.4, 0.5) is 5.13 Å². The molecule has 1 aromatic rings. The van der Waals surface area contributed by atoms with Gasteiger partial charge >= 0.3 is 5.97 Å². The summed E-state index contributed by atoms with van der Waals surface area (Å²) in [5.74, 6) is -2.05. The largest absolute Gasteiger partial charge is 0.479 e. The molecule has 2 saturated heterocycles. The average Bonchev–Trinajstić information content (AvgIpc) is 2.88. The number of anilines is 1. The van der Waals surface area contributed by atoms with Gasteiger partial charge in [-0.05, 0) is 6.92 Å². The van der Waals surface area contributed by atoms with Crippen molar-refractivity contribution in [1.82, 2.24) is 15.2 Å². The van der Waals surface area contributed by atoms with Gasteiger partial charge in [-0.1, -0.05) is 5.16 Å². The van der Waals surface area contributed by atoms with Crippen molar-refractivity contribution in [2.45, 2.75) is 35.0 Å². The minimum Gasteiger partial charge on any atom is -0.479 e. The Labute approximate surface area is 155 Å². The van der Waals surface area contributed by atoms with E-state index in [0.717, 1.165) is 11.3 Å². The molecule has 1 aromatic heterocycles. The molecule has 3 heterocycles. The summed E-state index contributed by atoms with van der Waals surface area (Å²) in [6.45, 7) is 1.83. The molecule has 1 aliphatic carbocycles. The Morgan fingerprint density at radius 3 is 2.88 bits per heavy atom. The summed E-state index contributed by atoms with van der Waals surface area (Å²) in [6, 6.07) is -0.814. The van der Waals surface area contributed by atoms with Gasteiger partial charge in [-0.2, -0.15) is 0 Å². The van der Waals surface area contributed by atoms with Gasteiger partial charge in [-0.25, -0.2) is 9.78 Å². The summed E-state index contributed by atoms with van der Waals surface area (Å²) in [4.78, 5) is 46.8. The van der Waals surface area contributed by atoms with Crippen LogP contribution in [-0.2, 0) is 19.2 Å². The lowest BCUT2D eigenvalue weighted by Crippen LogP contribution is -2.72. The number of β-lactam (4-membered cyclic amide) rings is 1. The van der Waals surface area contributed by atoms with Gasteiger partial charge in [0.25, 0.3) is 5.91 Å². The molecule has 0 radical (unpaired) electrons. The molecule has 1 unspecified atom stereocenters. The summed E-state index contributed by atoms with van der Waals surface area (Å²) >= 11 is 2.55. The molecule has 3 aliphatic rings. The number of nitrogen functional groups attached to an aromatic ring is 1. The lowest BCUT2D eigenvalue weighted by Gasteiger charge is -2.45. The molecule has 0 bridgehead atoms. The number of aromatic nitrogens is 1. The number of fused-ring (bicyclic) bond motifs is 3. The number of thioether (sulfide) groups is 1. The van der Waals surface area contributed by atoms with Gasteiger partial charge in [-0.3, -0.25) is 9.59 Å². The Balaban J connectivity index is 1.52. The number of rotatable bonds is 5. The smallest absolute Gasteiger partial charge is 0.331 e. The van der Waals surface area contributed by atoms with Crippen LogP contribution in [-0.4, -0.2) is 67.3 Å². The highest BCUT2D eigenvalue weighted by Crippen LogP contribution is 2.71. The zero-order valence-corrected chi connectivity index (χ0v) is 15.4. The van der Waals surface area contributed by atoms with Crippen LogP contribution in [0.3, 0.4) is 0 Å². The molecule has 1 saturated carbocycles. The SMILES string of the molecule is CO/N=C(\C(=O)N[C@@H]1C(=O)N2[C@@H]1SC1(C)C[C@]21C(=O)O)c1csc(N)n1. The molecule has 3 fully saturated rings. The van der Waals surface area contributed by atoms with Gasteiger partial charge in [0.2, 0.25) is 5.91 Å². The van der Waals surface area contributed by atoms with Gasteiger partial charge in [0.05, 0.1) is 4.75 Å². The Hall–Kier alpha value is -2.34. The highest BCUT2D eigenvalue weighted by molar-refractivity contribution is 8.02. The Morgan fingerprint density at radius 2 is 2.31 bits per heavy atom. The first-order valence-electron chi connectivity index (χ1n) is 7.63. The van der Waals surface area contributed by atoms with Crippen molar-refractivity contribution in [3.05, 3.63) is 11.1 Å². The number of aliphatic carboxylic acids is 1. The number of nitrogens with zero attached hydrogens (tertiary/aromatic N) is 3. The first kappa shape index (κ1) is 17.1. The molecule has 138 valence electrons.